The van der Waals surface area contributed by atoms with Gasteiger partial charge in [-0.2, -0.15) is 0 Å². The van der Waals surface area contributed by atoms with Gasteiger partial charge in [0.1, 0.15) is 11.4 Å². The van der Waals surface area contributed by atoms with E-state index in [1.807, 2.05) is 0 Å². The molecule has 0 radical (unpaired) electrons. The van der Waals surface area contributed by atoms with Crippen molar-refractivity contribution >= 4 is 5.97 Å². The van der Waals surface area contributed by atoms with Crippen LogP contribution in [-0.4, -0.2) is 18.1 Å². The van der Waals surface area contributed by atoms with Crippen molar-refractivity contribution < 1.29 is 13.9 Å². The lowest BCUT2D eigenvalue weighted by molar-refractivity contribution is -0.149. The average Bonchev–Trinajstić information content (AvgIpc) is 2.55. The van der Waals surface area contributed by atoms with E-state index in [1.54, 1.807) is 13.0 Å². The minimum absolute atomic E-state index is 0.299. The van der Waals surface area contributed by atoms with Crippen LogP contribution in [0.25, 0.3) is 0 Å². The van der Waals surface area contributed by atoms with Crippen LogP contribution in [0.1, 0.15) is 18.1 Å². The number of hydrogen-bond acceptors (Lipinski definition) is 3. The Kier molecular flexibility index (Phi) is 2.68. The molecule has 0 aliphatic heterocycles. The van der Waals surface area contributed by atoms with Gasteiger partial charge < -0.3 is 10.5 Å². The highest BCUT2D eigenvalue weighted by Gasteiger charge is 2.41. The summed E-state index contributed by atoms with van der Waals surface area (Å²) < 4.78 is 17.9. The molecule has 3 nitrogen and oxygen atoms in total. The maximum absolute atomic E-state index is 13.0. The van der Waals surface area contributed by atoms with Gasteiger partial charge in [0.25, 0.3) is 0 Å². The van der Waals surface area contributed by atoms with Gasteiger partial charge in [-0.3, -0.25) is 4.79 Å². The van der Waals surface area contributed by atoms with Crippen LogP contribution in [0.15, 0.2) is 18.2 Å². The molecule has 2 N–H and O–H groups in total. The van der Waals surface area contributed by atoms with Crippen molar-refractivity contribution in [1.29, 1.82) is 0 Å². The molecule has 16 heavy (non-hydrogen) atoms. The van der Waals surface area contributed by atoms with Crippen LogP contribution in [-0.2, 0) is 22.4 Å². The van der Waals surface area contributed by atoms with Gasteiger partial charge in [-0.15, -0.1) is 0 Å². The summed E-state index contributed by atoms with van der Waals surface area (Å²) in [4.78, 5) is 11.7. The first-order valence-corrected chi connectivity index (χ1v) is 5.28. The molecule has 1 aromatic rings. The summed E-state index contributed by atoms with van der Waals surface area (Å²) in [6.45, 7) is 2.05. The average molecular weight is 223 g/mol. The Morgan fingerprint density at radius 3 is 2.88 bits per heavy atom. The van der Waals surface area contributed by atoms with E-state index in [0.29, 0.717) is 19.4 Å². The standard InChI is InChI=1S/C12H14FNO2/c1-2-16-11(15)12(14)6-8-3-4-10(13)5-9(8)7-12/h3-5H,2,6-7,14H2,1H3. The molecule has 2 rings (SSSR count). The Labute approximate surface area is 93.4 Å². The molecule has 0 fully saturated rings. The topological polar surface area (TPSA) is 52.3 Å². The largest absolute Gasteiger partial charge is 0.465 e. The first-order valence-electron chi connectivity index (χ1n) is 5.28. The Bertz CT molecular complexity index is 433. The fourth-order valence-corrected chi connectivity index (χ4v) is 2.09. The van der Waals surface area contributed by atoms with Crippen LogP contribution < -0.4 is 5.73 Å². The molecule has 0 saturated heterocycles. The second kappa shape index (κ2) is 3.87. The van der Waals surface area contributed by atoms with E-state index < -0.39 is 11.5 Å². The van der Waals surface area contributed by atoms with Crippen LogP contribution in [0.5, 0.6) is 0 Å². The highest BCUT2D eigenvalue weighted by molar-refractivity contribution is 5.82. The number of nitrogens with two attached hydrogens (primary N) is 1. The maximum Gasteiger partial charge on any atom is 0.326 e. The molecule has 0 saturated carbocycles. The molecule has 4 heteroatoms. The molecule has 1 atom stereocenters. The van der Waals surface area contributed by atoms with E-state index in [2.05, 4.69) is 0 Å². The van der Waals surface area contributed by atoms with Gasteiger partial charge in [0.15, 0.2) is 0 Å². The van der Waals surface area contributed by atoms with Crippen molar-refractivity contribution in [3.8, 4) is 0 Å². The Morgan fingerprint density at radius 2 is 2.19 bits per heavy atom. The Balaban J connectivity index is 2.24. The number of benzene rings is 1. The third kappa shape index (κ3) is 1.80. The molecule has 0 aromatic heterocycles. The monoisotopic (exact) mass is 223 g/mol. The summed E-state index contributed by atoms with van der Waals surface area (Å²) in [7, 11) is 0. The smallest absolute Gasteiger partial charge is 0.326 e. The molecule has 0 heterocycles. The van der Waals surface area contributed by atoms with Crippen LogP contribution >= 0.6 is 0 Å². The van der Waals surface area contributed by atoms with Crippen molar-refractivity contribution in [3.05, 3.63) is 35.1 Å². The zero-order valence-corrected chi connectivity index (χ0v) is 9.13. The van der Waals surface area contributed by atoms with Gasteiger partial charge in [-0.05, 0) is 30.2 Å². The molecule has 1 aliphatic rings. The van der Waals surface area contributed by atoms with Gasteiger partial charge in [-0.25, -0.2) is 4.39 Å². The summed E-state index contributed by atoms with van der Waals surface area (Å²) in [6.07, 6.45) is 0.764. The lowest BCUT2D eigenvalue weighted by Crippen LogP contribution is -2.50. The molecule has 0 bridgehead atoms. The maximum atomic E-state index is 13.0. The van der Waals surface area contributed by atoms with Crippen molar-refractivity contribution in [2.45, 2.75) is 25.3 Å². The SMILES string of the molecule is CCOC(=O)C1(N)Cc2ccc(F)cc2C1. The van der Waals surface area contributed by atoms with Crippen molar-refractivity contribution in [3.63, 3.8) is 0 Å². The van der Waals surface area contributed by atoms with Crippen molar-refractivity contribution in [1.82, 2.24) is 0 Å². The molecule has 0 spiro atoms. The van der Waals surface area contributed by atoms with Crippen molar-refractivity contribution in [2.75, 3.05) is 6.61 Å². The van der Waals surface area contributed by atoms with Crippen molar-refractivity contribution in [2.24, 2.45) is 5.73 Å². The van der Waals surface area contributed by atoms with Gasteiger partial charge in [0.2, 0.25) is 0 Å². The van der Waals surface area contributed by atoms with Gasteiger partial charge in [0.05, 0.1) is 6.61 Å². The van der Waals surface area contributed by atoms with Gasteiger partial charge in [-0.1, -0.05) is 6.07 Å². The fraction of sp³-hybridized carbons (Fsp3) is 0.417. The number of fused-ring (bicyclic) bond motifs is 1. The predicted octanol–water partition coefficient (Wildman–Crippen LogP) is 1.18. The van der Waals surface area contributed by atoms with Crippen LogP contribution in [0.3, 0.4) is 0 Å². The predicted molar refractivity (Wildman–Crippen MR) is 57.4 cm³/mol. The summed E-state index contributed by atoms with van der Waals surface area (Å²) in [5.74, 6) is -0.710. The first-order chi connectivity index (χ1) is 7.55. The molecule has 0 amide bonds. The first kappa shape index (κ1) is 11.1. The quantitative estimate of drug-likeness (QED) is 0.766. The second-order valence-electron chi connectivity index (χ2n) is 4.14. The molecule has 1 aromatic carbocycles. The Hall–Kier alpha value is -1.42. The van der Waals surface area contributed by atoms with Crippen LogP contribution in [0.2, 0.25) is 0 Å². The number of esters is 1. The summed E-state index contributed by atoms with van der Waals surface area (Å²) in [5, 5.41) is 0. The molecule has 86 valence electrons. The normalized spacial score (nSPS) is 22.9. The minimum atomic E-state index is -1.02. The third-order valence-electron chi connectivity index (χ3n) is 2.86. The number of carbonyl (C=O) groups is 1. The lowest BCUT2D eigenvalue weighted by Gasteiger charge is -2.20. The highest BCUT2D eigenvalue weighted by Crippen LogP contribution is 2.29. The number of rotatable bonds is 2. The zero-order valence-electron chi connectivity index (χ0n) is 9.13. The zero-order chi connectivity index (χ0) is 11.8. The molecule has 1 unspecified atom stereocenters. The van der Waals surface area contributed by atoms with Gasteiger partial charge >= 0.3 is 5.97 Å². The van der Waals surface area contributed by atoms with Gasteiger partial charge in [0, 0.05) is 12.8 Å². The van der Waals surface area contributed by atoms with E-state index in [1.165, 1.54) is 12.1 Å². The third-order valence-corrected chi connectivity index (χ3v) is 2.86. The number of carbonyl (C=O) groups excluding carboxylic acids is 1. The van der Waals surface area contributed by atoms with E-state index in [9.17, 15) is 9.18 Å². The summed E-state index contributed by atoms with van der Waals surface area (Å²) >= 11 is 0. The highest BCUT2D eigenvalue weighted by atomic mass is 19.1. The van der Waals surface area contributed by atoms with E-state index in [0.717, 1.165) is 11.1 Å². The van der Waals surface area contributed by atoms with E-state index in [-0.39, 0.29) is 5.82 Å². The summed E-state index contributed by atoms with van der Waals surface area (Å²) in [5.41, 5.74) is 6.70. The lowest BCUT2D eigenvalue weighted by atomic mass is 9.98. The molecular weight excluding hydrogens is 209 g/mol. The van der Waals surface area contributed by atoms with E-state index in [4.69, 9.17) is 10.5 Å². The number of ether oxygens (including phenoxy) is 1. The number of hydrogen-bond donors (Lipinski definition) is 1. The fourth-order valence-electron chi connectivity index (χ4n) is 2.09. The minimum Gasteiger partial charge on any atom is -0.465 e. The Morgan fingerprint density at radius 1 is 1.50 bits per heavy atom. The number of halogens is 1. The molecule has 1 aliphatic carbocycles. The molecular formula is C12H14FNO2. The summed E-state index contributed by atoms with van der Waals surface area (Å²) in [6, 6.07) is 4.50. The van der Waals surface area contributed by atoms with E-state index >= 15 is 0 Å². The van der Waals surface area contributed by atoms with Crippen LogP contribution in [0.4, 0.5) is 4.39 Å². The van der Waals surface area contributed by atoms with Crippen LogP contribution in [0, 0.1) is 5.82 Å². The second-order valence-corrected chi connectivity index (χ2v) is 4.14.